The smallest absolute Gasteiger partial charge is 0.410 e. The zero-order valence-corrected chi connectivity index (χ0v) is 16.3. The number of likely N-dealkylation sites (tertiary alicyclic amines) is 1. The van der Waals surface area contributed by atoms with E-state index in [-0.39, 0.29) is 17.5 Å². The molecule has 1 fully saturated rings. The molecule has 2 atom stereocenters. The van der Waals surface area contributed by atoms with Gasteiger partial charge in [0.2, 0.25) is 0 Å². The highest BCUT2D eigenvalue weighted by molar-refractivity contribution is 7.86. The molecule has 1 saturated heterocycles. The van der Waals surface area contributed by atoms with Crippen molar-refractivity contribution in [3.63, 3.8) is 0 Å². The van der Waals surface area contributed by atoms with Gasteiger partial charge in [-0.15, -0.1) is 0 Å². The zero-order valence-electron chi connectivity index (χ0n) is 15.5. The van der Waals surface area contributed by atoms with E-state index in [1.54, 1.807) is 37.8 Å². The van der Waals surface area contributed by atoms with Gasteiger partial charge >= 0.3 is 6.09 Å². The first-order valence-electron chi connectivity index (χ1n) is 8.51. The summed E-state index contributed by atoms with van der Waals surface area (Å²) >= 11 is 0. The summed E-state index contributed by atoms with van der Waals surface area (Å²) in [5.74, 6) is 0. The average molecular weight is 369 g/mol. The van der Waals surface area contributed by atoms with Crippen molar-refractivity contribution in [1.82, 2.24) is 4.90 Å². The summed E-state index contributed by atoms with van der Waals surface area (Å²) in [7, 11) is -3.86. The molecule has 2 rings (SSSR count). The SMILES string of the molecule is CCC1CC(OS(=O)(=O)c2ccc(C)cc2)CN1C(=O)OC(C)(C)C. The van der Waals surface area contributed by atoms with Gasteiger partial charge in [0.05, 0.1) is 17.5 Å². The lowest BCUT2D eigenvalue weighted by Gasteiger charge is -2.27. The topological polar surface area (TPSA) is 72.9 Å². The highest BCUT2D eigenvalue weighted by Crippen LogP contribution is 2.27. The monoisotopic (exact) mass is 369 g/mol. The molecule has 0 bridgehead atoms. The van der Waals surface area contributed by atoms with Crippen molar-refractivity contribution in [1.29, 1.82) is 0 Å². The number of hydrogen-bond acceptors (Lipinski definition) is 5. The van der Waals surface area contributed by atoms with Gasteiger partial charge < -0.3 is 9.64 Å². The van der Waals surface area contributed by atoms with E-state index in [2.05, 4.69) is 0 Å². The fourth-order valence-electron chi connectivity index (χ4n) is 2.81. The predicted molar refractivity (Wildman–Crippen MR) is 94.9 cm³/mol. The van der Waals surface area contributed by atoms with Gasteiger partial charge in [0.15, 0.2) is 0 Å². The van der Waals surface area contributed by atoms with Gasteiger partial charge in [-0.25, -0.2) is 4.79 Å². The Balaban J connectivity index is 2.09. The van der Waals surface area contributed by atoms with Gasteiger partial charge in [-0.3, -0.25) is 4.18 Å². The number of carbonyl (C=O) groups excluding carboxylic acids is 1. The van der Waals surface area contributed by atoms with E-state index in [0.29, 0.717) is 12.8 Å². The molecule has 0 N–H and O–H groups in total. The number of carbonyl (C=O) groups is 1. The molecule has 1 aromatic carbocycles. The van der Waals surface area contributed by atoms with Crippen LogP contribution < -0.4 is 0 Å². The van der Waals surface area contributed by atoms with Crippen LogP contribution >= 0.6 is 0 Å². The van der Waals surface area contributed by atoms with E-state index >= 15 is 0 Å². The molecular weight excluding hydrogens is 342 g/mol. The van der Waals surface area contributed by atoms with E-state index in [0.717, 1.165) is 5.56 Å². The molecule has 1 amide bonds. The fourth-order valence-corrected chi connectivity index (χ4v) is 3.89. The van der Waals surface area contributed by atoms with Crippen LogP contribution in [0.25, 0.3) is 0 Å². The number of benzene rings is 1. The number of ether oxygens (including phenoxy) is 1. The molecule has 0 aromatic heterocycles. The summed E-state index contributed by atoms with van der Waals surface area (Å²) in [4.78, 5) is 14.0. The first-order valence-corrected chi connectivity index (χ1v) is 9.92. The van der Waals surface area contributed by atoms with E-state index in [1.807, 2.05) is 13.8 Å². The Morgan fingerprint density at radius 3 is 2.36 bits per heavy atom. The summed E-state index contributed by atoms with van der Waals surface area (Å²) in [5.41, 5.74) is 0.379. The largest absolute Gasteiger partial charge is 0.444 e. The molecule has 2 unspecified atom stereocenters. The molecule has 0 radical (unpaired) electrons. The van der Waals surface area contributed by atoms with E-state index < -0.39 is 27.9 Å². The Bertz CT molecular complexity index is 706. The molecule has 140 valence electrons. The molecule has 1 aliphatic heterocycles. The minimum atomic E-state index is -3.86. The summed E-state index contributed by atoms with van der Waals surface area (Å²) in [6.45, 7) is 9.46. The zero-order chi connectivity index (χ0) is 18.8. The molecule has 25 heavy (non-hydrogen) atoms. The van der Waals surface area contributed by atoms with Gasteiger partial charge in [0, 0.05) is 6.04 Å². The maximum absolute atomic E-state index is 12.4. The maximum atomic E-state index is 12.4. The highest BCUT2D eigenvalue weighted by Gasteiger charge is 2.39. The fraction of sp³-hybridized carbons (Fsp3) is 0.611. The van der Waals surface area contributed by atoms with Crippen molar-refractivity contribution in [3.05, 3.63) is 29.8 Å². The van der Waals surface area contributed by atoms with Crippen LogP contribution in [-0.2, 0) is 19.0 Å². The van der Waals surface area contributed by atoms with E-state index in [4.69, 9.17) is 8.92 Å². The first-order chi connectivity index (χ1) is 11.5. The van der Waals surface area contributed by atoms with Crippen LogP contribution in [-0.4, -0.2) is 43.7 Å². The summed E-state index contributed by atoms with van der Waals surface area (Å²) in [6, 6.07) is 6.43. The summed E-state index contributed by atoms with van der Waals surface area (Å²) in [6.07, 6.45) is 0.187. The number of nitrogens with zero attached hydrogens (tertiary/aromatic N) is 1. The quantitative estimate of drug-likeness (QED) is 0.760. The first kappa shape index (κ1) is 19.7. The normalized spacial score (nSPS) is 21.4. The van der Waals surface area contributed by atoms with Crippen LogP contribution in [0.2, 0.25) is 0 Å². The van der Waals surface area contributed by atoms with Crippen molar-refractivity contribution < 1.29 is 22.1 Å². The van der Waals surface area contributed by atoms with Crippen LogP contribution in [0.5, 0.6) is 0 Å². The standard InChI is InChI=1S/C18H27NO5S/c1-6-14-11-15(12-19(14)17(20)23-18(3,4)5)24-25(21,22)16-9-7-13(2)8-10-16/h7-10,14-15H,6,11-12H2,1-5H3. The summed E-state index contributed by atoms with van der Waals surface area (Å²) < 4.78 is 35.7. The minimum Gasteiger partial charge on any atom is -0.444 e. The van der Waals surface area contributed by atoms with Crippen molar-refractivity contribution in [2.24, 2.45) is 0 Å². The molecule has 0 aliphatic carbocycles. The Labute approximate surface area is 150 Å². The number of aryl methyl sites for hydroxylation is 1. The predicted octanol–water partition coefficient (Wildman–Crippen LogP) is 3.49. The van der Waals surface area contributed by atoms with Gasteiger partial charge in [0.25, 0.3) is 10.1 Å². The Morgan fingerprint density at radius 1 is 1.24 bits per heavy atom. The second-order valence-electron chi connectivity index (χ2n) is 7.42. The Hall–Kier alpha value is -1.60. The number of rotatable bonds is 4. The Kier molecular flexibility index (Phi) is 5.79. The minimum absolute atomic E-state index is 0.0898. The van der Waals surface area contributed by atoms with Crippen molar-refractivity contribution in [2.75, 3.05) is 6.54 Å². The van der Waals surface area contributed by atoms with Gasteiger partial charge in [-0.1, -0.05) is 24.6 Å². The van der Waals surface area contributed by atoms with Crippen LogP contribution in [0, 0.1) is 6.92 Å². The molecule has 6 nitrogen and oxygen atoms in total. The van der Waals surface area contributed by atoms with Gasteiger partial charge in [0.1, 0.15) is 5.60 Å². The molecule has 1 aliphatic rings. The van der Waals surface area contributed by atoms with Gasteiger partial charge in [-0.2, -0.15) is 8.42 Å². The third-order valence-corrected chi connectivity index (χ3v) is 5.42. The lowest BCUT2D eigenvalue weighted by molar-refractivity contribution is 0.0210. The van der Waals surface area contributed by atoms with Gasteiger partial charge in [-0.05, 0) is 52.7 Å². The van der Waals surface area contributed by atoms with E-state index in [9.17, 15) is 13.2 Å². The second kappa shape index (κ2) is 7.33. The molecular formula is C18H27NO5S. The van der Waals surface area contributed by atoms with E-state index in [1.165, 1.54) is 12.1 Å². The molecule has 7 heteroatoms. The molecule has 1 heterocycles. The van der Waals surface area contributed by atoms with Crippen LogP contribution in [0.3, 0.4) is 0 Å². The molecule has 1 aromatic rings. The number of hydrogen-bond donors (Lipinski definition) is 0. The lowest BCUT2D eigenvalue weighted by atomic mass is 10.1. The number of amides is 1. The second-order valence-corrected chi connectivity index (χ2v) is 8.99. The average Bonchev–Trinajstić information content (AvgIpc) is 2.88. The third-order valence-electron chi connectivity index (χ3n) is 4.05. The molecule has 0 spiro atoms. The maximum Gasteiger partial charge on any atom is 0.410 e. The van der Waals surface area contributed by atoms with Crippen molar-refractivity contribution in [3.8, 4) is 0 Å². The van der Waals surface area contributed by atoms with Crippen LogP contribution in [0.1, 0.15) is 46.1 Å². The van der Waals surface area contributed by atoms with Crippen LogP contribution in [0.4, 0.5) is 4.79 Å². The van der Waals surface area contributed by atoms with Crippen LogP contribution in [0.15, 0.2) is 29.2 Å². The molecule has 0 saturated carbocycles. The third kappa shape index (κ3) is 5.19. The highest BCUT2D eigenvalue weighted by atomic mass is 32.2. The Morgan fingerprint density at radius 2 is 1.84 bits per heavy atom. The lowest BCUT2D eigenvalue weighted by Crippen LogP contribution is -2.40. The van der Waals surface area contributed by atoms with Crippen molar-refractivity contribution in [2.45, 2.75) is 70.1 Å². The van der Waals surface area contributed by atoms with Crippen molar-refractivity contribution >= 4 is 16.2 Å². The summed E-state index contributed by atoms with van der Waals surface area (Å²) in [5, 5.41) is 0.